The van der Waals surface area contributed by atoms with E-state index in [0.717, 1.165) is 0 Å². The van der Waals surface area contributed by atoms with Crippen LogP contribution in [0.4, 0.5) is 17.6 Å². The summed E-state index contributed by atoms with van der Waals surface area (Å²) in [7, 11) is 0. The van der Waals surface area contributed by atoms with E-state index < -0.39 is 18.0 Å². The maximum atomic E-state index is 11.1. The molecular weight excluding hydrogens is 142 g/mol. The third kappa shape index (κ3) is 2.29. The van der Waals surface area contributed by atoms with E-state index in [0.29, 0.717) is 6.41 Å². The van der Waals surface area contributed by atoms with Gasteiger partial charge in [-0.1, -0.05) is 0 Å². The van der Waals surface area contributed by atoms with Gasteiger partial charge < -0.3 is 0 Å². The first-order valence-corrected chi connectivity index (χ1v) is 1.82. The van der Waals surface area contributed by atoms with E-state index in [1.165, 1.54) is 0 Å². The van der Waals surface area contributed by atoms with Crippen LogP contribution in [-0.2, 0) is 4.79 Å². The molecule has 0 aromatic rings. The Morgan fingerprint density at radius 3 is 1.44 bits per heavy atom. The molecule has 0 aromatic carbocycles. The van der Waals surface area contributed by atoms with Crippen molar-refractivity contribution >= 4 is 6.41 Å². The molecule has 0 aliphatic rings. The molecule has 6 heteroatoms. The van der Waals surface area contributed by atoms with Gasteiger partial charge in [0.25, 0.3) is 0 Å². The smallest absolute Gasteiger partial charge is 0.263 e. The Balaban J connectivity index is 3.82. The van der Waals surface area contributed by atoms with Gasteiger partial charge in [0.2, 0.25) is 0 Å². The minimum atomic E-state index is -3.48. The van der Waals surface area contributed by atoms with Gasteiger partial charge in [-0.2, -0.15) is 17.6 Å². The third-order valence-electron chi connectivity index (χ3n) is 0.526. The molecule has 0 N–H and O–H groups in total. The molecule has 0 bridgehead atoms. The van der Waals surface area contributed by atoms with Gasteiger partial charge in [0.15, 0.2) is 0 Å². The molecule has 0 rings (SSSR count). The highest BCUT2D eigenvalue weighted by molar-refractivity contribution is 5.47. The summed E-state index contributed by atoms with van der Waals surface area (Å²) in [6.45, 7) is -6.97. The number of halogens is 4. The van der Waals surface area contributed by atoms with Gasteiger partial charge in [0.05, 0.1) is 0 Å². The Hall–Kier alpha value is -0.810. The number of carbonyl (C=O) groups excluding carboxylic acids is 1. The zero-order chi connectivity index (χ0) is 7.44. The van der Waals surface area contributed by atoms with Crippen LogP contribution < -0.4 is 0 Å². The molecule has 0 spiro atoms. The van der Waals surface area contributed by atoms with Crippen molar-refractivity contribution in [1.82, 2.24) is 4.90 Å². The Morgan fingerprint density at radius 1 is 1.11 bits per heavy atom. The van der Waals surface area contributed by atoms with E-state index in [2.05, 4.69) is 0 Å². The lowest BCUT2D eigenvalue weighted by Crippen LogP contribution is -2.32. The topological polar surface area (TPSA) is 20.3 Å². The Kier molecular flexibility index (Phi) is 2.97. The van der Waals surface area contributed by atoms with Crippen LogP contribution in [0.1, 0.15) is 0 Å². The first-order chi connectivity index (χ1) is 4.09. The van der Waals surface area contributed by atoms with Crippen LogP contribution in [0.25, 0.3) is 0 Å². The van der Waals surface area contributed by atoms with Crippen LogP contribution in [0.2, 0.25) is 0 Å². The maximum Gasteiger partial charge on any atom is 0.322 e. The molecule has 0 atom stereocenters. The number of rotatable bonds is 3. The van der Waals surface area contributed by atoms with Crippen molar-refractivity contribution < 1.29 is 22.4 Å². The lowest BCUT2D eigenvalue weighted by atomic mass is 10.9. The summed E-state index contributed by atoms with van der Waals surface area (Å²) in [6.07, 6.45) is 0.384. The molecule has 1 amide bonds. The summed E-state index contributed by atoms with van der Waals surface area (Å²) < 4.78 is 44.5. The number of hydrogen-bond donors (Lipinski definition) is 0. The number of alkyl halides is 4. The second-order valence-electron chi connectivity index (χ2n) is 1.05. The summed E-state index contributed by atoms with van der Waals surface area (Å²) in [6, 6.07) is 0. The number of hydrogen-bond acceptors (Lipinski definition) is 1. The van der Waals surface area contributed by atoms with Crippen molar-refractivity contribution in [2.24, 2.45) is 0 Å². The van der Waals surface area contributed by atoms with Gasteiger partial charge in [-0.3, -0.25) is 4.79 Å². The highest BCUT2D eigenvalue weighted by Gasteiger charge is 2.23. The van der Waals surface area contributed by atoms with E-state index in [4.69, 9.17) is 0 Å². The predicted molar refractivity (Wildman–Crippen MR) is 19.5 cm³/mol. The average Bonchev–Trinajstić information content (AvgIpc) is 1.64. The van der Waals surface area contributed by atoms with Crippen LogP contribution in [0.3, 0.4) is 0 Å². The molecule has 9 heavy (non-hydrogen) atoms. The quantitative estimate of drug-likeness (QED) is 0.326. The van der Waals surface area contributed by atoms with E-state index >= 15 is 0 Å². The average molecular weight is 144 g/mol. The molecule has 0 saturated heterocycles. The minimum absolute atomic E-state index is 0.384. The van der Waals surface area contributed by atoms with Gasteiger partial charge in [-0.15, -0.1) is 0 Å². The second-order valence-corrected chi connectivity index (χ2v) is 1.05. The van der Waals surface area contributed by atoms with Crippen LogP contribution >= 0.6 is 0 Å². The number of amides is 1. The lowest BCUT2D eigenvalue weighted by molar-refractivity contribution is -0.0951. The van der Waals surface area contributed by atoms with Crippen molar-refractivity contribution in [3.8, 4) is 0 Å². The number of nitrogens with zero attached hydrogens (tertiary/aromatic N) is 1. The van der Waals surface area contributed by atoms with Gasteiger partial charge in [0, 0.05) is 0 Å². The monoisotopic (exact) mass is 144 g/mol. The summed E-state index contributed by atoms with van der Waals surface area (Å²) in [5.41, 5.74) is 0. The Labute approximate surface area is 48.1 Å². The highest BCUT2D eigenvalue weighted by Crippen LogP contribution is 2.07. The van der Waals surface area contributed by atoms with E-state index in [1.807, 2.05) is 0 Å². The largest absolute Gasteiger partial charge is 0.322 e. The SMILES string of the molecule is O=[C]N(C(F)F)C(F)F. The first-order valence-electron chi connectivity index (χ1n) is 1.82. The molecule has 0 saturated carbocycles. The van der Waals surface area contributed by atoms with Crippen LogP contribution in [0.5, 0.6) is 0 Å². The molecular formula is C3H2F4NO. The molecule has 0 heterocycles. The highest BCUT2D eigenvalue weighted by atomic mass is 19.3. The van der Waals surface area contributed by atoms with Crippen molar-refractivity contribution in [3.63, 3.8) is 0 Å². The van der Waals surface area contributed by atoms with E-state index in [1.54, 1.807) is 0 Å². The summed E-state index contributed by atoms with van der Waals surface area (Å²) in [4.78, 5) is 8.22. The normalized spacial score (nSPS) is 10.4. The van der Waals surface area contributed by atoms with Crippen molar-refractivity contribution in [2.45, 2.75) is 13.1 Å². The zero-order valence-corrected chi connectivity index (χ0v) is 4.02. The van der Waals surface area contributed by atoms with Crippen molar-refractivity contribution in [2.75, 3.05) is 0 Å². The predicted octanol–water partition coefficient (Wildman–Crippen LogP) is 0.801. The fourth-order valence-corrected chi connectivity index (χ4v) is 0.165. The van der Waals surface area contributed by atoms with Crippen molar-refractivity contribution in [3.05, 3.63) is 0 Å². The van der Waals surface area contributed by atoms with Crippen LogP contribution in [-0.4, -0.2) is 24.4 Å². The fourth-order valence-electron chi connectivity index (χ4n) is 0.165. The van der Waals surface area contributed by atoms with Crippen LogP contribution in [0, 0.1) is 0 Å². The molecule has 0 aliphatic heterocycles. The lowest BCUT2D eigenvalue weighted by Gasteiger charge is -2.11. The molecule has 0 unspecified atom stereocenters. The van der Waals surface area contributed by atoms with Crippen LogP contribution in [0.15, 0.2) is 0 Å². The molecule has 1 radical (unpaired) electrons. The van der Waals surface area contributed by atoms with Crippen molar-refractivity contribution in [1.29, 1.82) is 0 Å². The second kappa shape index (κ2) is 3.26. The summed E-state index contributed by atoms with van der Waals surface area (Å²) in [5.74, 6) is 0. The zero-order valence-electron chi connectivity index (χ0n) is 4.02. The van der Waals surface area contributed by atoms with Gasteiger partial charge in [0.1, 0.15) is 0 Å². The molecule has 0 aliphatic carbocycles. The molecule has 53 valence electrons. The molecule has 0 aromatic heterocycles. The first kappa shape index (κ1) is 8.19. The molecule has 2 nitrogen and oxygen atoms in total. The fraction of sp³-hybridized carbons (Fsp3) is 0.667. The Bertz CT molecular complexity index is 87.8. The van der Waals surface area contributed by atoms with E-state index in [-0.39, 0.29) is 0 Å². The summed E-state index contributed by atoms with van der Waals surface area (Å²) in [5, 5.41) is 0. The third-order valence-corrected chi connectivity index (χ3v) is 0.526. The minimum Gasteiger partial charge on any atom is -0.263 e. The van der Waals surface area contributed by atoms with Gasteiger partial charge in [-0.05, 0) is 0 Å². The van der Waals surface area contributed by atoms with Gasteiger partial charge >= 0.3 is 19.5 Å². The van der Waals surface area contributed by atoms with E-state index in [9.17, 15) is 22.4 Å². The standard InChI is InChI=1S/C3H2F4NO/c4-2(5)8(1-9)3(6)7/h2-3H. The summed E-state index contributed by atoms with van der Waals surface area (Å²) >= 11 is 0. The molecule has 0 fully saturated rings. The Morgan fingerprint density at radius 2 is 1.44 bits per heavy atom. The maximum absolute atomic E-state index is 11.1. The van der Waals surface area contributed by atoms with Gasteiger partial charge in [-0.25, -0.2) is 4.90 Å².